The van der Waals surface area contributed by atoms with E-state index in [4.69, 9.17) is 18.9 Å². The molecule has 8 nitrogen and oxygen atoms in total. The molecule has 8 heteroatoms. The van der Waals surface area contributed by atoms with Crippen molar-refractivity contribution in [3.05, 3.63) is 11.6 Å². The maximum absolute atomic E-state index is 14.0. The zero-order valence-electron chi connectivity index (χ0n) is 23.2. The van der Waals surface area contributed by atoms with Gasteiger partial charge in [0.05, 0.1) is 23.9 Å². The molecule has 5 fully saturated rings. The van der Waals surface area contributed by atoms with E-state index < -0.39 is 23.4 Å². The molecule has 1 saturated heterocycles. The van der Waals surface area contributed by atoms with Gasteiger partial charge in [-0.05, 0) is 80.6 Å². The third kappa shape index (κ3) is 3.88. The number of ketones is 1. The Morgan fingerprint density at radius 3 is 2.58 bits per heavy atom. The van der Waals surface area contributed by atoms with Crippen molar-refractivity contribution in [2.24, 2.45) is 34.5 Å². The van der Waals surface area contributed by atoms with Gasteiger partial charge in [0.15, 0.2) is 6.29 Å². The molecular formula is C30H44O8. The lowest BCUT2D eigenvalue weighted by molar-refractivity contribution is -0.272. The minimum Gasteiger partial charge on any atom is -0.458 e. The molecule has 0 aromatic carbocycles. The molecule has 0 aromatic heterocycles. The number of ether oxygens (including phenoxy) is 4. The Kier molecular flexibility index (Phi) is 6.63. The lowest BCUT2D eigenvalue weighted by Crippen LogP contribution is -2.65. The third-order valence-corrected chi connectivity index (χ3v) is 11.9. The van der Waals surface area contributed by atoms with Crippen molar-refractivity contribution in [3.8, 4) is 0 Å². The minimum atomic E-state index is -0.911. The smallest absolute Gasteiger partial charge is 0.331 e. The van der Waals surface area contributed by atoms with E-state index in [1.807, 2.05) is 6.92 Å². The number of hydrogen-bond acceptors (Lipinski definition) is 8. The summed E-state index contributed by atoms with van der Waals surface area (Å²) in [5.74, 6) is 0.132. The molecule has 2 heterocycles. The number of carbonyl (C=O) groups excluding carboxylic acids is 2. The van der Waals surface area contributed by atoms with Gasteiger partial charge in [0, 0.05) is 37.4 Å². The van der Waals surface area contributed by atoms with Crippen LogP contribution in [0.2, 0.25) is 0 Å². The molecule has 0 radical (unpaired) electrons. The van der Waals surface area contributed by atoms with Crippen LogP contribution in [0.3, 0.4) is 0 Å². The van der Waals surface area contributed by atoms with Gasteiger partial charge >= 0.3 is 5.97 Å². The van der Waals surface area contributed by atoms with Gasteiger partial charge in [-0.2, -0.15) is 0 Å². The molecule has 12 unspecified atom stereocenters. The highest BCUT2D eigenvalue weighted by molar-refractivity contribution is 5.86. The minimum absolute atomic E-state index is 0.00541. The van der Waals surface area contributed by atoms with Gasteiger partial charge in [-0.1, -0.05) is 13.8 Å². The quantitative estimate of drug-likeness (QED) is 0.419. The Bertz CT molecular complexity index is 1010. The molecule has 0 amide bonds. The van der Waals surface area contributed by atoms with Crippen molar-refractivity contribution in [2.45, 2.75) is 115 Å². The van der Waals surface area contributed by atoms with Crippen LogP contribution < -0.4 is 0 Å². The van der Waals surface area contributed by atoms with Gasteiger partial charge in [0.2, 0.25) is 0 Å². The number of aliphatic hydroxyl groups is 2. The van der Waals surface area contributed by atoms with E-state index in [2.05, 4.69) is 13.8 Å². The highest BCUT2D eigenvalue weighted by Crippen LogP contribution is 2.69. The number of Topliss-reactive ketones (excluding diaryl/α,β-unsaturated/α-hetero) is 1. The lowest BCUT2D eigenvalue weighted by atomic mass is 9.43. The average Bonchev–Trinajstić information content (AvgIpc) is 3.41. The fourth-order valence-corrected chi connectivity index (χ4v) is 9.83. The molecule has 4 aliphatic carbocycles. The summed E-state index contributed by atoms with van der Waals surface area (Å²) >= 11 is 0. The van der Waals surface area contributed by atoms with Crippen LogP contribution in [0.15, 0.2) is 11.6 Å². The van der Waals surface area contributed by atoms with Crippen molar-refractivity contribution in [2.75, 3.05) is 13.7 Å². The first-order valence-electron chi connectivity index (χ1n) is 14.6. The van der Waals surface area contributed by atoms with E-state index >= 15 is 0 Å². The van der Waals surface area contributed by atoms with E-state index in [1.165, 1.54) is 0 Å². The van der Waals surface area contributed by atoms with E-state index in [9.17, 15) is 19.8 Å². The summed E-state index contributed by atoms with van der Waals surface area (Å²) in [6.07, 6.45) is 6.67. The van der Waals surface area contributed by atoms with Crippen LogP contribution in [-0.4, -0.2) is 72.0 Å². The molecule has 0 aromatic rings. The summed E-state index contributed by atoms with van der Waals surface area (Å²) in [4.78, 5) is 25.8. The molecule has 6 aliphatic rings. The SMILES string of the molecule is COC1CC(OC2CCC3(C)C(CCC4C3C(=O)CC3(C)C(C5=CC(=O)OC5)CCC43O)C2)OC(C)C1O. The van der Waals surface area contributed by atoms with Crippen molar-refractivity contribution in [1.82, 2.24) is 0 Å². The lowest BCUT2D eigenvalue weighted by Gasteiger charge is -2.62. The Balaban J connectivity index is 1.18. The van der Waals surface area contributed by atoms with Gasteiger partial charge in [0.1, 0.15) is 18.5 Å². The standard InChI is InChI=1S/C30H44O8/c1-16-27(33)23(35-4)13-25(37-16)38-19-7-9-28(2)18(12-19)5-6-21-26(28)22(31)14-29(3)20(8-10-30(21,29)34)17-11-24(32)36-15-17/h11,16,18-21,23,25-27,33-34H,5-10,12-15H2,1-4H3. The van der Waals surface area contributed by atoms with Gasteiger partial charge in [-0.3, -0.25) is 4.79 Å². The first-order valence-corrected chi connectivity index (χ1v) is 14.6. The zero-order valence-corrected chi connectivity index (χ0v) is 23.2. The number of rotatable bonds is 4. The van der Waals surface area contributed by atoms with Crippen molar-refractivity contribution < 1.29 is 38.7 Å². The van der Waals surface area contributed by atoms with Crippen LogP contribution in [0.5, 0.6) is 0 Å². The first-order chi connectivity index (χ1) is 18.0. The molecule has 0 bridgehead atoms. The number of cyclic esters (lactones) is 1. The first kappa shape index (κ1) is 26.9. The number of fused-ring (bicyclic) bond motifs is 5. The molecule has 2 N–H and O–H groups in total. The number of esters is 1. The Hall–Kier alpha value is -1.32. The maximum Gasteiger partial charge on any atom is 0.331 e. The number of aliphatic hydroxyl groups excluding tert-OH is 1. The fraction of sp³-hybridized carbons (Fsp3) is 0.867. The van der Waals surface area contributed by atoms with Crippen LogP contribution >= 0.6 is 0 Å². The van der Waals surface area contributed by atoms with Crippen LogP contribution in [0.1, 0.15) is 78.6 Å². The van der Waals surface area contributed by atoms with Crippen LogP contribution in [0.25, 0.3) is 0 Å². The van der Waals surface area contributed by atoms with E-state index in [0.29, 0.717) is 25.2 Å². The largest absolute Gasteiger partial charge is 0.458 e. The maximum atomic E-state index is 14.0. The molecule has 12 atom stereocenters. The summed E-state index contributed by atoms with van der Waals surface area (Å²) in [7, 11) is 1.61. The summed E-state index contributed by atoms with van der Waals surface area (Å²) in [5, 5.41) is 22.7. The molecular weight excluding hydrogens is 488 g/mol. The highest BCUT2D eigenvalue weighted by atomic mass is 16.7. The monoisotopic (exact) mass is 532 g/mol. The second kappa shape index (κ2) is 9.37. The Morgan fingerprint density at radius 1 is 1.08 bits per heavy atom. The third-order valence-electron chi connectivity index (χ3n) is 11.9. The molecule has 0 spiro atoms. The topological polar surface area (TPSA) is 112 Å². The van der Waals surface area contributed by atoms with Gasteiger partial charge in [-0.25, -0.2) is 4.79 Å². The highest BCUT2D eigenvalue weighted by Gasteiger charge is 2.70. The molecule has 212 valence electrons. The van der Waals surface area contributed by atoms with Crippen molar-refractivity contribution in [3.63, 3.8) is 0 Å². The Labute approximate surface area is 225 Å². The van der Waals surface area contributed by atoms with Crippen LogP contribution in [0.4, 0.5) is 0 Å². The molecule has 38 heavy (non-hydrogen) atoms. The zero-order chi connectivity index (χ0) is 27.0. The van der Waals surface area contributed by atoms with Gasteiger partial charge in [0.25, 0.3) is 0 Å². The van der Waals surface area contributed by atoms with E-state index in [1.54, 1.807) is 13.2 Å². The number of hydrogen-bond donors (Lipinski definition) is 2. The predicted octanol–water partition coefficient (Wildman–Crippen LogP) is 3.32. The number of methoxy groups -OCH3 is 1. The van der Waals surface area contributed by atoms with E-state index in [0.717, 1.165) is 44.1 Å². The fourth-order valence-electron chi connectivity index (χ4n) is 9.83. The van der Waals surface area contributed by atoms with Crippen LogP contribution in [0, 0.1) is 34.5 Å². The second-order valence-electron chi connectivity index (χ2n) is 13.6. The summed E-state index contributed by atoms with van der Waals surface area (Å²) in [6, 6.07) is 0. The summed E-state index contributed by atoms with van der Waals surface area (Å²) < 4.78 is 23.1. The molecule has 2 aliphatic heterocycles. The molecule has 6 rings (SSSR count). The van der Waals surface area contributed by atoms with Crippen LogP contribution in [-0.2, 0) is 28.5 Å². The van der Waals surface area contributed by atoms with Crippen molar-refractivity contribution >= 4 is 11.8 Å². The second-order valence-corrected chi connectivity index (χ2v) is 13.6. The number of carbonyl (C=O) groups is 2. The summed E-state index contributed by atoms with van der Waals surface area (Å²) in [6.45, 7) is 6.49. The Morgan fingerprint density at radius 2 is 1.87 bits per heavy atom. The molecule has 4 saturated carbocycles. The van der Waals surface area contributed by atoms with Crippen molar-refractivity contribution in [1.29, 1.82) is 0 Å². The van der Waals surface area contributed by atoms with Gasteiger partial charge < -0.3 is 29.2 Å². The van der Waals surface area contributed by atoms with Gasteiger partial charge in [-0.15, -0.1) is 0 Å². The van der Waals surface area contributed by atoms with E-state index in [-0.39, 0.29) is 59.8 Å². The average molecular weight is 533 g/mol. The normalized spacial score (nSPS) is 52.6. The predicted molar refractivity (Wildman–Crippen MR) is 137 cm³/mol. The summed E-state index contributed by atoms with van der Waals surface area (Å²) in [5.41, 5.74) is -0.690.